The topological polar surface area (TPSA) is 35.2 Å². The molecule has 1 aromatic rings. The summed E-state index contributed by atoms with van der Waals surface area (Å²) in [4.78, 5) is 0. The second-order valence-electron chi connectivity index (χ2n) is 5.16. The predicted molar refractivity (Wildman–Crippen MR) is 66.8 cm³/mol. The van der Waals surface area contributed by atoms with Crippen LogP contribution in [0.5, 0.6) is 5.75 Å². The zero-order chi connectivity index (χ0) is 12.5. The number of benzene rings is 1. The van der Waals surface area contributed by atoms with Crippen LogP contribution in [0.4, 0.5) is 4.39 Å². The summed E-state index contributed by atoms with van der Waals surface area (Å²) in [5, 5.41) is 0. The van der Waals surface area contributed by atoms with Crippen molar-refractivity contribution in [2.75, 3.05) is 0 Å². The minimum atomic E-state index is -1.24. The third-order valence-electron chi connectivity index (χ3n) is 3.24. The van der Waals surface area contributed by atoms with Crippen molar-refractivity contribution < 1.29 is 9.13 Å². The number of nitrogens with two attached hydrogens (primary N) is 1. The Morgan fingerprint density at radius 3 is 2.47 bits per heavy atom. The first-order chi connectivity index (χ1) is 7.99. The van der Waals surface area contributed by atoms with Crippen LogP contribution >= 0.6 is 0 Å². The Labute approximate surface area is 102 Å². The Hall–Kier alpha value is -1.09. The Bertz CT molecular complexity index is 376. The summed E-state index contributed by atoms with van der Waals surface area (Å²) in [6.07, 6.45) is 1.86. The van der Waals surface area contributed by atoms with E-state index in [9.17, 15) is 4.39 Å². The third kappa shape index (κ3) is 2.78. The summed E-state index contributed by atoms with van der Waals surface area (Å²) in [6, 6.07) is 7.29. The molecule has 2 atom stereocenters. The largest absolute Gasteiger partial charge is 0.491 e. The van der Waals surface area contributed by atoms with E-state index in [0.29, 0.717) is 12.8 Å². The summed E-state index contributed by atoms with van der Waals surface area (Å²) >= 11 is 0. The molecule has 1 aliphatic carbocycles. The van der Waals surface area contributed by atoms with Crippen LogP contribution in [0.25, 0.3) is 0 Å². The van der Waals surface area contributed by atoms with Gasteiger partial charge in [-0.05, 0) is 44.4 Å². The molecule has 3 heteroatoms. The average molecular weight is 237 g/mol. The molecular formula is C14H20FNO. The molecule has 17 heavy (non-hydrogen) atoms. The van der Waals surface area contributed by atoms with Crippen LogP contribution in [0.1, 0.15) is 38.7 Å². The van der Waals surface area contributed by atoms with Crippen LogP contribution < -0.4 is 10.5 Å². The Morgan fingerprint density at radius 1 is 1.35 bits per heavy atom. The van der Waals surface area contributed by atoms with Gasteiger partial charge in [0.1, 0.15) is 11.4 Å². The van der Waals surface area contributed by atoms with Gasteiger partial charge in [0.15, 0.2) is 0 Å². The monoisotopic (exact) mass is 237 g/mol. The maximum absolute atomic E-state index is 14.6. The van der Waals surface area contributed by atoms with Crippen molar-refractivity contribution in [3.63, 3.8) is 0 Å². The number of hydrogen-bond donors (Lipinski definition) is 1. The van der Waals surface area contributed by atoms with Gasteiger partial charge in [-0.2, -0.15) is 0 Å². The first-order valence-electron chi connectivity index (χ1n) is 6.21. The summed E-state index contributed by atoms with van der Waals surface area (Å²) in [5.41, 5.74) is 5.26. The minimum absolute atomic E-state index is 0.00779. The average Bonchev–Trinajstić information content (AvgIpc) is 2.60. The third-order valence-corrected chi connectivity index (χ3v) is 3.24. The lowest BCUT2D eigenvalue weighted by Gasteiger charge is -2.20. The maximum Gasteiger partial charge on any atom is 0.137 e. The molecule has 0 bridgehead atoms. The highest BCUT2D eigenvalue weighted by molar-refractivity contribution is 5.32. The van der Waals surface area contributed by atoms with E-state index in [1.165, 1.54) is 0 Å². The normalized spacial score (nSPS) is 28.6. The number of hydrogen-bond acceptors (Lipinski definition) is 2. The summed E-state index contributed by atoms with van der Waals surface area (Å²) in [5.74, 6) is 0.787. The van der Waals surface area contributed by atoms with Crippen LogP contribution in [0, 0.1) is 0 Å². The molecule has 0 aliphatic heterocycles. The van der Waals surface area contributed by atoms with Crippen LogP contribution in [0.3, 0.4) is 0 Å². The van der Waals surface area contributed by atoms with Gasteiger partial charge in [0.05, 0.1) is 6.10 Å². The van der Waals surface area contributed by atoms with E-state index in [1.54, 1.807) is 0 Å². The highest BCUT2D eigenvalue weighted by Gasteiger charge is 2.39. The lowest BCUT2D eigenvalue weighted by Crippen LogP contribution is -2.21. The molecule has 2 rings (SSSR count). The Kier molecular flexibility index (Phi) is 3.38. The van der Waals surface area contributed by atoms with Gasteiger partial charge in [0.2, 0.25) is 0 Å². The Morgan fingerprint density at radius 2 is 2.00 bits per heavy atom. The van der Waals surface area contributed by atoms with Crippen molar-refractivity contribution in [3.05, 3.63) is 29.8 Å². The van der Waals surface area contributed by atoms with Crippen LogP contribution in [-0.4, -0.2) is 12.1 Å². The first-order valence-corrected chi connectivity index (χ1v) is 6.21. The number of ether oxygens (including phenoxy) is 1. The lowest BCUT2D eigenvalue weighted by molar-refractivity contribution is 0.172. The van der Waals surface area contributed by atoms with Crippen LogP contribution in [0.15, 0.2) is 24.3 Å². The highest BCUT2D eigenvalue weighted by Crippen LogP contribution is 2.42. The molecule has 1 fully saturated rings. The molecule has 2 nitrogen and oxygen atoms in total. The van der Waals surface area contributed by atoms with Crippen LogP contribution in [0.2, 0.25) is 0 Å². The van der Waals surface area contributed by atoms with Gasteiger partial charge in [-0.3, -0.25) is 0 Å². The first kappa shape index (κ1) is 12.4. The standard InChI is InChI=1S/C14H20FNO/c1-10(2)17-13-5-3-11(4-6-13)14(15)8-7-12(16)9-14/h3-6,10,12H,7-9,16H2,1-2H3. The number of halogens is 1. The van der Waals surface area contributed by atoms with E-state index in [-0.39, 0.29) is 12.1 Å². The van der Waals surface area contributed by atoms with Crippen molar-refractivity contribution >= 4 is 0 Å². The van der Waals surface area contributed by atoms with Gasteiger partial charge in [-0.15, -0.1) is 0 Å². The zero-order valence-electron chi connectivity index (χ0n) is 10.4. The fourth-order valence-corrected chi connectivity index (χ4v) is 2.40. The van der Waals surface area contributed by atoms with E-state index in [4.69, 9.17) is 10.5 Å². The highest BCUT2D eigenvalue weighted by atomic mass is 19.1. The molecule has 94 valence electrons. The van der Waals surface area contributed by atoms with E-state index in [0.717, 1.165) is 17.7 Å². The SMILES string of the molecule is CC(C)Oc1ccc(C2(F)CCC(N)C2)cc1. The zero-order valence-corrected chi connectivity index (χ0v) is 10.4. The Balaban J connectivity index is 2.12. The van der Waals surface area contributed by atoms with Gasteiger partial charge in [-0.25, -0.2) is 4.39 Å². The second kappa shape index (κ2) is 4.65. The van der Waals surface area contributed by atoms with Gasteiger partial charge >= 0.3 is 0 Å². The summed E-state index contributed by atoms with van der Waals surface area (Å²) in [7, 11) is 0. The molecule has 0 amide bonds. The van der Waals surface area contributed by atoms with Crippen LogP contribution in [-0.2, 0) is 5.67 Å². The molecule has 0 heterocycles. The van der Waals surface area contributed by atoms with Crippen molar-refractivity contribution in [2.24, 2.45) is 5.73 Å². The molecule has 0 spiro atoms. The van der Waals surface area contributed by atoms with Gasteiger partial charge in [-0.1, -0.05) is 12.1 Å². The summed E-state index contributed by atoms with van der Waals surface area (Å²) in [6.45, 7) is 3.95. The maximum atomic E-state index is 14.6. The van der Waals surface area contributed by atoms with Crippen molar-refractivity contribution in [3.8, 4) is 5.75 Å². The molecule has 0 radical (unpaired) electrons. The van der Waals surface area contributed by atoms with Gasteiger partial charge in [0, 0.05) is 12.5 Å². The number of alkyl halides is 1. The molecule has 0 saturated heterocycles. The van der Waals surface area contributed by atoms with E-state index < -0.39 is 5.67 Å². The fourth-order valence-electron chi connectivity index (χ4n) is 2.40. The second-order valence-corrected chi connectivity index (χ2v) is 5.16. The van der Waals surface area contributed by atoms with Crippen molar-refractivity contribution in [1.82, 2.24) is 0 Å². The smallest absolute Gasteiger partial charge is 0.137 e. The molecule has 2 N–H and O–H groups in total. The van der Waals surface area contributed by atoms with Crippen molar-refractivity contribution in [1.29, 1.82) is 0 Å². The quantitative estimate of drug-likeness (QED) is 0.876. The molecule has 2 unspecified atom stereocenters. The molecule has 0 aromatic heterocycles. The summed E-state index contributed by atoms with van der Waals surface area (Å²) < 4.78 is 20.1. The molecule has 1 aliphatic rings. The van der Waals surface area contributed by atoms with E-state index in [2.05, 4.69) is 0 Å². The lowest BCUT2D eigenvalue weighted by atomic mass is 9.94. The van der Waals surface area contributed by atoms with Gasteiger partial charge in [0.25, 0.3) is 0 Å². The minimum Gasteiger partial charge on any atom is -0.491 e. The van der Waals surface area contributed by atoms with E-state index >= 15 is 0 Å². The molecule has 1 saturated carbocycles. The number of rotatable bonds is 3. The van der Waals surface area contributed by atoms with Gasteiger partial charge < -0.3 is 10.5 Å². The molecular weight excluding hydrogens is 217 g/mol. The molecule has 1 aromatic carbocycles. The van der Waals surface area contributed by atoms with Crippen molar-refractivity contribution in [2.45, 2.75) is 50.9 Å². The predicted octanol–water partition coefficient (Wildman–Crippen LogP) is 3.15. The fraction of sp³-hybridized carbons (Fsp3) is 0.571. The van der Waals surface area contributed by atoms with E-state index in [1.807, 2.05) is 38.1 Å².